The highest BCUT2D eigenvalue weighted by Gasteiger charge is 2.18. The highest BCUT2D eigenvalue weighted by atomic mass is 79.9. The molecule has 2 aromatic rings. The Morgan fingerprint density at radius 1 is 1.35 bits per heavy atom. The van der Waals surface area contributed by atoms with Gasteiger partial charge in [-0.15, -0.1) is 0 Å². The Hall–Kier alpha value is -1.20. The molecule has 0 aliphatic carbocycles. The minimum atomic E-state index is -0.219. The molecule has 1 atom stereocenters. The minimum absolute atomic E-state index is 0.219. The first kappa shape index (κ1) is 12.3. The first-order chi connectivity index (χ1) is 8.08. The number of hydrogen-bond donors (Lipinski definition) is 1. The Morgan fingerprint density at radius 2 is 2.12 bits per heavy atom. The molecule has 0 radical (unpaired) electrons. The van der Waals surface area contributed by atoms with Gasteiger partial charge in [0.05, 0.1) is 6.04 Å². The molecule has 0 fully saturated rings. The molecule has 0 aliphatic heterocycles. The number of rotatable bonds is 3. The first-order valence-electron chi connectivity index (χ1n) is 5.43. The van der Waals surface area contributed by atoms with Crippen molar-refractivity contribution in [2.24, 2.45) is 11.7 Å². The molecule has 90 valence electrons. The molecule has 0 spiro atoms. The van der Waals surface area contributed by atoms with E-state index in [-0.39, 0.29) is 12.0 Å². The molecule has 2 rings (SSSR count). The van der Waals surface area contributed by atoms with Gasteiger partial charge in [0.1, 0.15) is 0 Å². The summed E-state index contributed by atoms with van der Waals surface area (Å²) in [6, 6.07) is 7.53. The molecule has 1 unspecified atom stereocenters. The van der Waals surface area contributed by atoms with E-state index in [2.05, 4.69) is 26.1 Å². The van der Waals surface area contributed by atoms with Gasteiger partial charge in [0.2, 0.25) is 11.7 Å². The number of nitrogens with zero attached hydrogens (tertiary/aromatic N) is 2. The number of halogens is 1. The highest BCUT2D eigenvalue weighted by Crippen LogP contribution is 2.23. The van der Waals surface area contributed by atoms with E-state index in [1.807, 2.05) is 38.1 Å². The molecule has 5 heteroatoms. The summed E-state index contributed by atoms with van der Waals surface area (Å²) in [5.74, 6) is 1.32. The van der Waals surface area contributed by atoms with Crippen LogP contribution in [0.2, 0.25) is 0 Å². The molecule has 0 bridgehead atoms. The summed E-state index contributed by atoms with van der Waals surface area (Å²) in [7, 11) is 0. The third-order valence-corrected chi connectivity index (χ3v) is 3.02. The molecule has 2 N–H and O–H groups in total. The van der Waals surface area contributed by atoms with Crippen molar-refractivity contribution in [3.05, 3.63) is 34.6 Å². The van der Waals surface area contributed by atoms with E-state index < -0.39 is 0 Å². The predicted molar refractivity (Wildman–Crippen MR) is 69.2 cm³/mol. The molecule has 1 heterocycles. The van der Waals surface area contributed by atoms with Crippen LogP contribution < -0.4 is 5.73 Å². The largest absolute Gasteiger partial charge is 0.337 e. The normalized spacial score (nSPS) is 13.0. The summed E-state index contributed by atoms with van der Waals surface area (Å²) >= 11 is 3.41. The maximum Gasteiger partial charge on any atom is 0.244 e. The third-order valence-electron chi connectivity index (χ3n) is 2.53. The number of nitrogens with two attached hydrogens (primary N) is 1. The fourth-order valence-corrected chi connectivity index (χ4v) is 1.80. The van der Waals surface area contributed by atoms with Gasteiger partial charge in [-0.2, -0.15) is 4.98 Å². The fourth-order valence-electron chi connectivity index (χ4n) is 1.40. The molecule has 0 saturated heterocycles. The van der Waals surface area contributed by atoms with Gasteiger partial charge in [-0.3, -0.25) is 0 Å². The standard InChI is InChI=1S/C12H14BrN3O/c1-7(2)10(14)12-15-11(16-17-12)8-4-3-5-9(13)6-8/h3-7,10H,14H2,1-2H3. The lowest BCUT2D eigenvalue weighted by molar-refractivity contribution is 0.325. The van der Waals surface area contributed by atoms with Gasteiger partial charge in [-0.25, -0.2) is 0 Å². The van der Waals surface area contributed by atoms with E-state index in [0.29, 0.717) is 11.7 Å². The van der Waals surface area contributed by atoms with E-state index in [1.165, 1.54) is 0 Å². The number of aromatic nitrogens is 2. The van der Waals surface area contributed by atoms with Crippen LogP contribution in [0.25, 0.3) is 11.4 Å². The van der Waals surface area contributed by atoms with Crippen LogP contribution in [0.3, 0.4) is 0 Å². The molecule has 17 heavy (non-hydrogen) atoms. The molecular formula is C12H14BrN3O. The van der Waals surface area contributed by atoms with Crippen LogP contribution in [0.4, 0.5) is 0 Å². The minimum Gasteiger partial charge on any atom is -0.337 e. The Balaban J connectivity index is 2.30. The van der Waals surface area contributed by atoms with Crippen molar-refractivity contribution in [2.45, 2.75) is 19.9 Å². The summed E-state index contributed by atoms with van der Waals surface area (Å²) in [6.45, 7) is 4.04. The van der Waals surface area contributed by atoms with Gasteiger partial charge in [-0.1, -0.05) is 47.1 Å². The zero-order chi connectivity index (χ0) is 12.4. The van der Waals surface area contributed by atoms with Crippen LogP contribution in [0.15, 0.2) is 33.3 Å². The number of benzene rings is 1. The quantitative estimate of drug-likeness (QED) is 0.945. The third kappa shape index (κ3) is 2.73. The van der Waals surface area contributed by atoms with Gasteiger partial charge >= 0.3 is 0 Å². The van der Waals surface area contributed by atoms with Crippen molar-refractivity contribution < 1.29 is 4.52 Å². The van der Waals surface area contributed by atoms with Gasteiger partial charge in [0, 0.05) is 10.0 Å². The van der Waals surface area contributed by atoms with Crippen LogP contribution in [0, 0.1) is 5.92 Å². The maximum atomic E-state index is 5.95. The molecule has 4 nitrogen and oxygen atoms in total. The molecule has 0 saturated carbocycles. The van der Waals surface area contributed by atoms with Crippen LogP contribution in [-0.4, -0.2) is 10.1 Å². The van der Waals surface area contributed by atoms with E-state index >= 15 is 0 Å². The molecule has 0 amide bonds. The average molecular weight is 296 g/mol. The second-order valence-corrected chi connectivity index (χ2v) is 5.15. The molecule has 1 aromatic carbocycles. The monoisotopic (exact) mass is 295 g/mol. The lowest BCUT2D eigenvalue weighted by Crippen LogP contribution is -2.16. The number of hydrogen-bond acceptors (Lipinski definition) is 4. The maximum absolute atomic E-state index is 5.95. The van der Waals surface area contributed by atoms with Crippen LogP contribution >= 0.6 is 15.9 Å². The SMILES string of the molecule is CC(C)C(N)c1nc(-c2cccc(Br)c2)no1. The second-order valence-electron chi connectivity index (χ2n) is 4.24. The van der Waals surface area contributed by atoms with Gasteiger partial charge in [0.25, 0.3) is 0 Å². The Morgan fingerprint density at radius 3 is 2.76 bits per heavy atom. The van der Waals surface area contributed by atoms with Crippen molar-refractivity contribution in [3.8, 4) is 11.4 Å². The zero-order valence-electron chi connectivity index (χ0n) is 9.72. The van der Waals surface area contributed by atoms with Crippen molar-refractivity contribution in [3.63, 3.8) is 0 Å². The Bertz CT molecular complexity index is 510. The van der Waals surface area contributed by atoms with Crippen molar-refractivity contribution in [1.82, 2.24) is 10.1 Å². The highest BCUT2D eigenvalue weighted by molar-refractivity contribution is 9.10. The summed E-state index contributed by atoms with van der Waals surface area (Å²) in [5.41, 5.74) is 6.86. The van der Waals surface area contributed by atoms with Crippen molar-refractivity contribution in [1.29, 1.82) is 0 Å². The van der Waals surface area contributed by atoms with Crippen molar-refractivity contribution in [2.75, 3.05) is 0 Å². The summed E-state index contributed by atoms with van der Waals surface area (Å²) < 4.78 is 6.16. The lowest BCUT2D eigenvalue weighted by Gasteiger charge is -2.09. The van der Waals surface area contributed by atoms with E-state index in [1.54, 1.807) is 0 Å². The van der Waals surface area contributed by atoms with E-state index in [9.17, 15) is 0 Å². The topological polar surface area (TPSA) is 64.9 Å². The van der Waals surface area contributed by atoms with Gasteiger partial charge < -0.3 is 10.3 Å². The molecular weight excluding hydrogens is 282 g/mol. The van der Waals surface area contributed by atoms with Crippen molar-refractivity contribution >= 4 is 15.9 Å². The second kappa shape index (κ2) is 4.98. The fraction of sp³-hybridized carbons (Fsp3) is 0.333. The van der Waals surface area contributed by atoms with Gasteiger partial charge in [0.15, 0.2) is 0 Å². The average Bonchev–Trinajstić information content (AvgIpc) is 2.77. The summed E-state index contributed by atoms with van der Waals surface area (Å²) in [6.07, 6.45) is 0. The Labute approximate surface area is 108 Å². The summed E-state index contributed by atoms with van der Waals surface area (Å²) in [4.78, 5) is 4.32. The van der Waals surface area contributed by atoms with Crippen LogP contribution in [0.1, 0.15) is 25.8 Å². The lowest BCUT2D eigenvalue weighted by atomic mass is 10.1. The first-order valence-corrected chi connectivity index (χ1v) is 6.22. The summed E-state index contributed by atoms with van der Waals surface area (Å²) in [5, 5.41) is 3.94. The Kier molecular flexibility index (Phi) is 3.59. The van der Waals surface area contributed by atoms with Gasteiger partial charge in [-0.05, 0) is 18.1 Å². The predicted octanol–water partition coefficient (Wildman–Crippen LogP) is 3.15. The zero-order valence-corrected chi connectivity index (χ0v) is 11.3. The van der Waals surface area contributed by atoms with Crippen LogP contribution in [0.5, 0.6) is 0 Å². The van der Waals surface area contributed by atoms with E-state index in [4.69, 9.17) is 10.3 Å². The molecule has 1 aromatic heterocycles. The van der Waals surface area contributed by atoms with Crippen LogP contribution in [-0.2, 0) is 0 Å². The smallest absolute Gasteiger partial charge is 0.244 e. The van der Waals surface area contributed by atoms with E-state index in [0.717, 1.165) is 10.0 Å². The molecule has 0 aliphatic rings.